The average molecular weight is 347 g/mol. The van der Waals surface area contributed by atoms with Gasteiger partial charge in [-0.3, -0.25) is 9.78 Å². The van der Waals surface area contributed by atoms with Crippen LogP contribution in [0.5, 0.6) is 0 Å². The summed E-state index contributed by atoms with van der Waals surface area (Å²) in [6.07, 6.45) is 8.79. The molecule has 0 atom stereocenters. The summed E-state index contributed by atoms with van der Waals surface area (Å²) >= 11 is 0. The van der Waals surface area contributed by atoms with Gasteiger partial charge in [0, 0.05) is 24.5 Å². The fourth-order valence-electron chi connectivity index (χ4n) is 3.13. The van der Waals surface area contributed by atoms with E-state index in [1.54, 1.807) is 24.5 Å². The Kier molecular flexibility index (Phi) is 6.39. The first kappa shape index (κ1) is 19.2. The Hall–Kier alpha value is -2.11. The van der Waals surface area contributed by atoms with Gasteiger partial charge in [-0.2, -0.15) is 0 Å². The van der Waals surface area contributed by atoms with E-state index in [4.69, 9.17) is 4.74 Å². The molecule has 0 unspecified atom stereocenters. The number of alkyl carbamates (subject to hydrolysis) is 1. The van der Waals surface area contributed by atoms with E-state index in [-0.39, 0.29) is 5.91 Å². The summed E-state index contributed by atoms with van der Waals surface area (Å²) in [6.45, 7) is 5.93. The molecule has 138 valence electrons. The lowest BCUT2D eigenvalue weighted by Gasteiger charge is -2.35. The van der Waals surface area contributed by atoms with Gasteiger partial charge in [-0.1, -0.05) is 25.7 Å². The molecule has 0 saturated heterocycles. The molecule has 6 nitrogen and oxygen atoms in total. The molecule has 1 saturated carbocycles. The molecule has 0 spiro atoms. The number of nitrogens with zero attached hydrogens (tertiary/aromatic N) is 1. The molecule has 1 heterocycles. The molecular formula is C19H29N3O3. The molecule has 25 heavy (non-hydrogen) atoms. The summed E-state index contributed by atoms with van der Waals surface area (Å²) in [4.78, 5) is 28.6. The third-order valence-corrected chi connectivity index (χ3v) is 4.36. The van der Waals surface area contributed by atoms with E-state index in [0.29, 0.717) is 12.1 Å². The Morgan fingerprint density at radius 1 is 1.12 bits per heavy atom. The molecule has 0 aliphatic heterocycles. The maximum Gasteiger partial charge on any atom is 0.408 e. The van der Waals surface area contributed by atoms with E-state index >= 15 is 0 Å². The van der Waals surface area contributed by atoms with Gasteiger partial charge in [0.05, 0.1) is 5.54 Å². The van der Waals surface area contributed by atoms with Crippen molar-refractivity contribution in [3.05, 3.63) is 30.1 Å². The molecule has 2 N–H and O–H groups in total. The van der Waals surface area contributed by atoms with Crippen LogP contribution in [0.4, 0.5) is 4.79 Å². The average Bonchev–Trinajstić information content (AvgIpc) is 2.77. The van der Waals surface area contributed by atoms with Crippen molar-refractivity contribution in [1.82, 2.24) is 15.6 Å². The number of carbonyl (C=O) groups excluding carboxylic acids is 2. The highest BCUT2D eigenvalue weighted by atomic mass is 16.6. The monoisotopic (exact) mass is 347 g/mol. The van der Waals surface area contributed by atoms with Gasteiger partial charge < -0.3 is 15.4 Å². The first-order valence-electron chi connectivity index (χ1n) is 8.99. The van der Waals surface area contributed by atoms with Gasteiger partial charge in [0.1, 0.15) is 5.60 Å². The van der Waals surface area contributed by atoms with E-state index in [1.807, 2.05) is 20.8 Å². The van der Waals surface area contributed by atoms with Crippen LogP contribution in [-0.4, -0.2) is 34.7 Å². The lowest BCUT2D eigenvalue weighted by Crippen LogP contribution is -2.56. The minimum atomic E-state index is -0.545. The predicted molar refractivity (Wildman–Crippen MR) is 96.4 cm³/mol. The zero-order chi connectivity index (χ0) is 18.3. The third-order valence-electron chi connectivity index (χ3n) is 4.36. The number of hydrogen-bond donors (Lipinski definition) is 2. The SMILES string of the molecule is CC(C)(C)OC(=O)NC1(CNC(=O)c2ccncc2)CCCCCC1. The second kappa shape index (κ2) is 8.32. The minimum Gasteiger partial charge on any atom is -0.444 e. The van der Waals surface area contributed by atoms with E-state index in [1.165, 1.54) is 0 Å². The molecule has 0 radical (unpaired) electrons. The molecule has 0 aromatic carbocycles. The van der Waals surface area contributed by atoms with Crippen molar-refractivity contribution >= 4 is 12.0 Å². The molecule has 1 fully saturated rings. The Morgan fingerprint density at radius 3 is 2.28 bits per heavy atom. The maximum atomic E-state index is 12.3. The smallest absolute Gasteiger partial charge is 0.408 e. The van der Waals surface area contributed by atoms with Crippen LogP contribution in [0.3, 0.4) is 0 Å². The largest absolute Gasteiger partial charge is 0.444 e. The van der Waals surface area contributed by atoms with E-state index in [2.05, 4.69) is 15.6 Å². The number of rotatable bonds is 4. The summed E-state index contributed by atoms with van der Waals surface area (Å²) in [7, 11) is 0. The molecule has 2 rings (SSSR count). The van der Waals surface area contributed by atoms with Gasteiger partial charge in [-0.05, 0) is 45.7 Å². The van der Waals surface area contributed by atoms with Crippen molar-refractivity contribution in [1.29, 1.82) is 0 Å². The Balaban J connectivity index is 2.04. The summed E-state index contributed by atoms with van der Waals surface area (Å²) < 4.78 is 5.43. The van der Waals surface area contributed by atoms with Gasteiger partial charge in [0.15, 0.2) is 0 Å². The molecule has 6 heteroatoms. The fourth-order valence-corrected chi connectivity index (χ4v) is 3.13. The van der Waals surface area contributed by atoms with Crippen LogP contribution < -0.4 is 10.6 Å². The number of nitrogens with one attached hydrogen (secondary N) is 2. The zero-order valence-corrected chi connectivity index (χ0v) is 15.4. The van der Waals surface area contributed by atoms with Crippen LogP contribution in [0, 0.1) is 0 Å². The van der Waals surface area contributed by atoms with Crippen LogP contribution in [0.2, 0.25) is 0 Å². The summed E-state index contributed by atoms with van der Waals surface area (Å²) in [5.41, 5.74) is -0.436. The first-order chi connectivity index (χ1) is 11.8. The van der Waals surface area contributed by atoms with E-state index in [9.17, 15) is 9.59 Å². The lowest BCUT2D eigenvalue weighted by atomic mass is 9.90. The van der Waals surface area contributed by atoms with Crippen molar-refractivity contribution in [3.63, 3.8) is 0 Å². The molecule has 1 aromatic rings. The second-order valence-corrected chi connectivity index (χ2v) is 7.74. The summed E-state index contributed by atoms with van der Waals surface area (Å²) in [6, 6.07) is 3.35. The maximum absolute atomic E-state index is 12.3. The summed E-state index contributed by atoms with van der Waals surface area (Å²) in [5.74, 6) is -0.156. The number of ether oxygens (including phenoxy) is 1. The van der Waals surface area contributed by atoms with Gasteiger partial charge in [0.25, 0.3) is 5.91 Å². The van der Waals surface area contributed by atoms with Crippen molar-refractivity contribution < 1.29 is 14.3 Å². The Morgan fingerprint density at radius 2 is 1.72 bits per heavy atom. The van der Waals surface area contributed by atoms with Crippen LogP contribution >= 0.6 is 0 Å². The Bertz CT molecular complexity index is 573. The zero-order valence-electron chi connectivity index (χ0n) is 15.4. The quantitative estimate of drug-likeness (QED) is 0.818. The number of amides is 2. The molecule has 1 aromatic heterocycles. The van der Waals surface area contributed by atoms with Crippen molar-refractivity contribution in [2.24, 2.45) is 0 Å². The van der Waals surface area contributed by atoms with Crippen LogP contribution in [0.15, 0.2) is 24.5 Å². The molecule has 0 bridgehead atoms. The van der Waals surface area contributed by atoms with Gasteiger partial charge in [-0.25, -0.2) is 4.79 Å². The minimum absolute atomic E-state index is 0.156. The Labute approximate surface area is 149 Å². The highest BCUT2D eigenvalue weighted by molar-refractivity contribution is 5.94. The number of pyridine rings is 1. The highest BCUT2D eigenvalue weighted by Gasteiger charge is 2.34. The normalized spacial score (nSPS) is 17.2. The van der Waals surface area contributed by atoms with Gasteiger partial charge in [0.2, 0.25) is 0 Å². The van der Waals surface area contributed by atoms with Crippen molar-refractivity contribution in [3.8, 4) is 0 Å². The van der Waals surface area contributed by atoms with E-state index < -0.39 is 17.2 Å². The summed E-state index contributed by atoms with van der Waals surface area (Å²) in [5, 5.41) is 6.02. The van der Waals surface area contributed by atoms with Gasteiger partial charge >= 0.3 is 6.09 Å². The van der Waals surface area contributed by atoms with Crippen LogP contribution in [0.25, 0.3) is 0 Å². The number of aromatic nitrogens is 1. The van der Waals surface area contributed by atoms with Crippen LogP contribution in [0.1, 0.15) is 69.7 Å². The highest BCUT2D eigenvalue weighted by Crippen LogP contribution is 2.27. The number of carbonyl (C=O) groups is 2. The van der Waals surface area contributed by atoms with E-state index in [0.717, 1.165) is 38.5 Å². The molecular weight excluding hydrogens is 318 g/mol. The third kappa shape index (κ3) is 6.36. The number of hydrogen-bond acceptors (Lipinski definition) is 4. The topological polar surface area (TPSA) is 80.3 Å². The fraction of sp³-hybridized carbons (Fsp3) is 0.632. The molecule has 2 amide bonds. The lowest BCUT2D eigenvalue weighted by molar-refractivity contribution is 0.0437. The second-order valence-electron chi connectivity index (χ2n) is 7.74. The predicted octanol–water partition coefficient (Wildman–Crippen LogP) is 3.43. The molecule has 1 aliphatic carbocycles. The van der Waals surface area contributed by atoms with Gasteiger partial charge in [-0.15, -0.1) is 0 Å². The van der Waals surface area contributed by atoms with Crippen LogP contribution in [-0.2, 0) is 4.74 Å². The standard InChI is InChI=1S/C19H29N3O3/c1-18(2,3)25-17(24)22-19(10-6-4-5-7-11-19)14-21-16(23)15-8-12-20-13-9-15/h8-9,12-13H,4-7,10-11,14H2,1-3H3,(H,21,23)(H,22,24). The first-order valence-corrected chi connectivity index (χ1v) is 8.99. The van der Waals surface area contributed by atoms with Crippen molar-refractivity contribution in [2.45, 2.75) is 70.4 Å². The molecule has 1 aliphatic rings. The van der Waals surface area contributed by atoms with Crippen molar-refractivity contribution in [2.75, 3.05) is 6.54 Å².